The molecule has 0 radical (unpaired) electrons. The lowest BCUT2D eigenvalue weighted by molar-refractivity contribution is 0.0900. The average molecular weight is 376 g/mol. The Balaban J connectivity index is 1.54. The first kappa shape index (κ1) is 17.1. The van der Waals surface area contributed by atoms with E-state index in [2.05, 4.69) is 25.0 Å². The maximum absolute atomic E-state index is 12.6. The van der Waals surface area contributed by atoms with Crippen LogP contribution in [-0.4, -0.2) is 27.6 Å². The van der Waals surface area contributed by atoms with Gasteiger partial charge in [0.25, 0.3) is 11.8 Å². The fourth-order valence-electron chi connectivity index (χ4n) is 2.88. The highest BCUT2D eigenvalue weighted by molar-refractivity contribution is 5.92. The predicted molar refractivity (Wildman–Crippen MR) is 86.4 cm³/mol. The number of nitrogens with one attached hydrogen (secondary N) is 1. The Labute approximate surface area is 151 Å². The molecule has 1 aliphatic heterocycles. The van der Waals surface area contributed by atoms with E-state index in [0.29, 0.717) is 22.9 Å². The second kappa shape index (κ2) is 6.45. The van der Waals surface area contributed by atoms with E-state index >= 15 is 0 Å². The highest BCUT2D eigenvalue weighted by Gasteiger charge is 2.29. The monoisotopic (exact) mass is 376 g/mol. The topological polar surface area (TPSA) is 103 Å². The van der Waals surface area contributed by atoms with Gasteiger partial charge in [-0.2, -0.15) is 13.8 Å². The van der Waals surface area contributed by atoms with Crippen molar-refractivity contribution in [2.45, 2.75) is 26.3 Å². The highest BCUT2D eigenvalue weighted by Crippen LogP contribution is 2.36. The van der Waals surface area contributed by atoms with E-state index in [4.69, 9.17) is 9.15 Å². The third kappa shape index (κ3) is 3.14. The molecule has 0 aliphatic carbocycles. The second-order valence-electron chi connectivity index (χ2n) is 5.99. The molecule has 2 aromatic heterocycles. The van der Waals surface area contributed by atoms with Gasteiger partial charge in [0, 0.05) is 18.1 Å². The van der Waals surface area contributed by atoms with E-state index in [1.54, 1.807) is 32.0 Å². The summed E-state index contributed by atoms with van der Waals surface area (Å²) in [5.41, 5.74) is 1.73. The van der Waals surface area contributed by atoms with Gasteiger partial charge in [-0.25, -0.2) is 4.98 Å². The standard InChI is InChI=1S/C17H14F2N4O4/c1-7-13(26-8(2)20-7)16(24)21-11-6-25-12-5-9(3-4-10(11)12)15-22-17(14(18)19)27-23-15/h3-5,11,14H,6H2,1-2H3,(H,21,24). The molecule has 3 heterocycles. The molecule has 1 atom stereocenters. The van der Waals surface area contributed by atoms with Crippen molar-refractivity contribution in [1.29, 1.82) is 0 Å². The minimum Gasteiger partial charge on any atom is -0.491 e. The number of benzene rings is 1. The summed E-state index contributed by atoms with van der Waals surface area (Å²) in [4.78, 5) is 20.1. The number of carbonyl (C=O) groups excluding carboxylic acids is 1. The van der Waals surface area contributed by atoms with Gasteiger partial charge >= 0.3 is 6.43 Å². The van der Waals surface area contributed by atoms with Crippen LogP contribution in [0.5, 0.6) is 5.75 Å². The number of amides is 1. The van der Waals surface area contributed by atoms with Gasteiger partial charge < -0.3 is 19.0 Å². The maximum atomic E-state index is 12.6. The third-order valence-corrected chi connectivity index (χ3v) is 4.10. The van der Waals surface area contributed by atoms with Crippen LogP contribution in [0.4, 0.5) is 8.78 Å². The SMILES string of the molecule is Cc1nc(C)c(C(=O)NC2COc3cc(-c4noc(C(F)F)n4)ccc32)o1. The minimum absolute atomic E-state index is 0.0388. The van der Waals surface area contributed by atoms with E-state index in [9.17, 15) is 13.6 Å². The Morgan fingerprint density at radius 2 is 2.11 bits per heavy atom. The molecule has 1 unspecified atom stereocenters. The summed E-state index contributed by atoms with van der Waals surface area (Å²) in [6, 6.07) is 4.61. The van der Waals surface area contributed by atoms with Crippen LogP contribution in [0.2, 0.25) is 0 Å². The Kier molecular flexibility index (Phi) is 4.09. The zero-order valence-corrected chi connectivity index (χ0v) is 14.3. The number of ether oxygens (including phenoxy) is 1. The highest BCUT2D eigenvalue weighted by atomic mass is 19.3. The van der Waals surface area contributed by atoms with Gasteiger partial charge in [0.05, 0.1) is 11.7 Å². The van der Waals surface area contributed by atoms with Crippen molar-refractivity contribution in [2.75, 3.05) is 6.61 Å². The van der Waals surface area contributed by atoms with Gasteiger partial charge in [-0.05, 0) is 13.0 Å². The molecule has 140 valence electrons. The minimum atomic E-state index is -2.83. The molecule has 1 N–H and O–H groups in total. The molecule has 0 spiro atoms. The largest absolute Gasteiger partial charge is 0.491 e. The van der Waals surface area contributed by atoms with Crippen LogP contribution in [0.3, 0.4) is 0 Å². The number of hydrogen-bond acceptors (Lipinski definition) is 7. The number of oxazole rings is 1. The molecule has 0 fully saturated rings. The lowest BCUT2D eigenvalue weighted by Crippen LogP contribution is -2.29. The van der Waals surface area contributed by atoms with E-state index in [1.165, 1.54) is 0 Å². The molecule has 0 saturated heterocycles. The molecule has 10 heteroatoms. The molecular weight excluding hydrogens is 362 g/mol. The number of aryl methyl sites for hydroxylation is 2. The first-order valence-corrected chi connectivity index (χ1v) is 8.06. The molecule has 0 bridgehead atoms. The van der Waals surface area contributed by atoms with E-state index in [-0.39, 0.29) is 24.2 Å². The van der Waals surface area contributed by atoms with Crippen LogP contribution in [0.15, 0.2) is 27.1 Å². The van der Waals surface area contributed by atoms with Crippen molar-refractivity contribution in [3.63, 3.8) is 0 Å². The van der Waals surface area contributed by atoms with E-state index < -0.39 is 18.2 Å². The Bertz CT molecular complexity index is 1010. The zero-order valence-electron chi connectivity index (χ0n) is 14.3. The fourth-order valence-corrected chi connectivity index (χ4v) is 2.88. The molecule has 4 rings (SSSR count). The Hall–Kier alpha value is -3.30. The van der Waals surface area contributed by atoms with Crippen molar-refractivity contribution in [2.24, 2.45) is 0 Å². The normalized spacial score (nSPS) is 15.7. The molecule has 3 aromatic rings. The fraction of sp³-hybridized carbons (Fsp3) is 0.294. The zero-order chi connectivity index (χ0) is 19.1. The maximum Gasteiger partial charge on any atom is 0.315 e. The van der Waals surface area contributed by atoms with Gasteiger partial charge in [-0.3, -0.25) is 4.79 Å². The van der Waals surface area contributed by atoms with Crippen LogP contribution in [0, 0.1) is 13.8 Å². The first-order valence-electron chi connectivity index (χ1n) is 8.06. The summed E-state index contributed by atoms with van der Waals surface area (Å²) in [7, 11) is 0. The number of nitrogens with zero attached hydrogens (tertiary/aromatic N) is 3. The predicted octanol–water partition coefficient (Wildman–Crippen LogP) is 3.14. The van der Waals surface area contributed by atoms with Crippen molar-refractivity contribution in [3.8, 4) is 17.1 Å². The van der Waals surface area contributed by atoms with Crippen LogP contribution >= 0.6 is 0 Å². The van der Waals surface area contributed by atoms with Crippen molar-refractivity contribution in [3.05, 3.63) is 47.0 Å². The van der Waals surface area contributed by atoms with Crippen molar-refractivity contribution >= 4 is 5.91 Å². The van der Waals surface area contributed by atoms with Gasteiger partial charge in [0.15, 0.2) is 5.89 Å². The molecule has 8 nitrogen and oxygen atoms in total. The van der Waals surface area contributed by atoms with Gasteiger partial charge in [0.1, 0.15) is 12.4 Å². The lowest BCUT2D eigenvalue weighted by atomic mass is 10.1. The number of rotatable bonds is 4. The van der Waals surface area contributed by atoms with Crippen molar-refractivity contribution < 1.29 is 27.3 Å². The number of aromatic nitrogens is 3. The molecule has 1 amide bonds. The smallest absolute Gasteiger partial charge is 0.315 e. The van der Waals surface area contributed by atoms with Crippen LogP contribution in [0.25, 0.3) is 11.4 Å². The third-order valence-electron chi connectivity index (χ3n) is 4.10. The van der Waals surface area contributed by atoms with Crippen molar-refractivity contribution in [1.82, 2.24) is 20.4 Å². The summed E-state index contributed by atoms with van der Waals surface area (Å²) >= 11 is 0. The number of halogens is 2. The molecule has 0 saturated carbocycles. The lowest BCUT2D eigenvalue weighted by Gasteiger charge is -2.10. The number of hydrogen-bond donors (Lipinski definition) is 1. The van der Waals surface area contributed by atoms with E-state index in [1.807, 2.05) is 0 Å². The Morgan fingerprint density at radius 1 is 1.30 bits per heavy atom. The van der Waals surface area contributed by atoms with Crippen LogP contribution in [-0.2, 0) is 0 Å². The van der Waals surface area contributed by atoms with Crippen LogP contribution < -0.4 is 10.1 Å². The first-order chi connectivity index (χ1) is 12.9. The van der Waals surface area contributed by atoms with Gasteiger partial charge in [0.2, 0.25) is 11.6 Å². The van der Waals surface area contributed by atoms with Gasteiger partial charge in [-0.1, -0.05) is 17.3 Å². The molecular formula is C17H14F2N4O4. The van der Waals surface area contributed by atoms with Crippen LogP contribution in [0.1, 0.15) is 46.1 Å². The second-order valence-corrected chi connectivity index (χ2v) is 5.99. The number of alkyl halides is 2. The summed E-state index contributed by atoms with van der Waals surface area (Å²) < 4.78 is 40.6. The van der Waals surface area contributed by atoms with Gasteiger partial charge in [-0.15, -0.1) is 0 Å². The number of fused-ring (bicyclic) bond motifs is 1. The Morgan fingerprint density at radius 3 is 2.78 bits per heavy atom. The molecule has 1 aliphatic rings. The quantitative estimate of drug-likeness (QED) is 0.746. The summed E-state index contributed by atoms with van der Waals surface area (Å²) in [6.45, 7) is 3.58. The summed E-state index contributed by atoms with van der Waals surface area (Å²) in [5, 5.41) is 6.38. The molecule has 27 heavy (non-hydrogen) atoms. The molecule has 1 aromatic carbocycles. The summed E-state index contributed by atoms with van der Waals surface area (Å²) in [6.07, 6.45) is -2.83. The average Bonchev–Trinajstić information content (AvgIpc) is 3.33. The summed E-state index contributed by atoms with van der Waals surface area (Å²) in [5.74, 6) is -0.0196. The number of carbonyl (C=O) groups is 1. The van der Waals surface area contributed by atoms with E-state index in [0.717, 1.165) is 5.56 Å².